The number of benzene rings is 2. The highest BCUT2D eigenvalue weighted by molar-refractivity contribution is 7.10. The number of para-hydroxylation sites is 1. The van der Waals surface area contributed by atoms with Crippen LogP contribution in [0.25, 0.3) is 6.08 Å². The predicted octanol–water partition coefficient (Wildman–Crippen LogP) is 4.33. The Morgan fingerprint density at radius 1 is 1.03 bits per heavy atom. The van der Waals surface area contributed by atoms with E-state index >= 15 is 0 Å². The van der Waals surface area contributed by atoms with Crippen LogP contribution < -0.4 is 15.4 Å². The van der Waals surface area contributed by atoms with Crippen molar-refractivity contribution in [3.63, 3.8) is 0 Å². The summed E-state index contributed by atoms with van der Waals surface area (Å²) in [7, 11) is 0. The molecule has 0 bridgehead atoms. The molecule has 3 rings (SSSR count). The van der Waals surface area contributed by atoms with E-state index in [0.29, 0.717) is 18.7 Å². The summed E-state index contributed by atoms with van der Waals surface area (Å²) in [6.07, 6.45) is 1.68. The van der Waals surface area contributed by atoms with Gasteiger partial charge >= 0.3 is 0 Å². The van der Waals surface area contributed by atoms with Crippen molar-refractivity contribution in [2.24, 2.45) is 0 Å². The number of carbonyl (C=O) groups excluding carboxylic acids is 2. The molecular weight excluding hydrogens is 396 g/mol. The number of amides is 2. The van der Waals surface area contributed by atoms with Gasteiger partial charge in [-0.05, 0) is 55.1 Å². The van der Waals surface area contributed by atoms with E-state index in [1.165, 1.54) is 11.3 Å². The lowest BCUT2D eigenvalue weighted by molar-refractivity contribution is -0.117. The molecule has 0 radical (unpaired) electrons. The number of carbonyl (C=O) groups is 2. The van der Waals surface area contributed by atoms with E-state index in [-0.39, 0.29) is 17.5 Å². The fourth-order valence-corrected chi connectivity index (χ4v) is 3.45. The van der Waals surface area contributed by atoms with Crippen molar-refractivity contribution in [1.82, 2.24) is 10.6 Å². The molecule has 1 aromatic heterocycles. The van der Waals surface area contributed by atoms with Gasteiger partial charge < -0.3 is 15.4 Å². The molecule has 2 N–H and O–H groups in total. The lowest BCUT2D eigenvalue weighted by atomic mass is 10.1. The molecule has 2 aromatic carbocycles. The number of ether oxygens (including phenoxy) is 1. The van der Waals surface area contributed by atoms with Crippen molar-refractivity contribution in [2.45, 2.75) is 13.8 Å². The first-order chi connectivity index (χ1) is 14.5. The third-order valence-electron chi connectivity index (χ3n) is 4.34. The van der Waals surface area contributed by atoms with Crippen LogP contribution in [0.15, 0.2) is 71.7 Å². The van der Waals surface area contributed by atoms with Crippen molar-refractivity contribution in [3.05, 3.63) is 93.3 Å². The van der Waals surface area contributed by atoms with Gasteiger partial charge in [0.1, 0.15) is 18.1 Å². The van der Waals surface area contributed by atoms with Gasteiger partial charge in [-0.25, -0.2) is 0 Å². The average molecular weight is 421 g/mol. The molecule has 0 unspecified atom stereocenters. The van der Waals surface area contributed by atoms with Crippen molar-refractivity contribution in [2.75, 3.05) is 13.2 Å². The van der Waals surface area contributed by atoms with Crippen molar-refractivity contribution >= 4 is 29.2 Å². The summed E-state index contributed by atoms with van der Waals surface area (Å²) >= 11 is 1.49. The topological polar surface area (TPSA) is 67.4 Å². The SMILES string of the molecule is Cc1cccc(C(=O)N/C(=C\c2cccs2)C(=O)NCCOc2ccccc2C)c1. The minimum atomic E-state index is -0.363. The van der Waals surface area contributed by atoms with Gasteiger partial charge in [-0.1, -0.05) is 42.0 Å². The second-order valence-electron chi connectivity index (χ2n) is 6.77. The Morgan fingerprint density at radius 2 is 1.87 bits per heavy atom. The van der Waals surface area contributed by atoms with Crippen LogP contribution >= 0.6 is 11.3 Å². The second kappa shape index (κ2) is 10.4. The predicted molar refractivity (Wildman–Crippen MR) is 121 cm³/mol. The molecule has 30 heavy (non-hydrogen) atoms. The Balaban J connectivity index is 1.64. The molecule has 0 atom stereocenters. The maximum absolute atomic E-state index is 12.7. The van der Waals surface area contributed by atoms with Crippen LogP contribution in [-0.4, -0.2) is 25.0 Å². The highest BCUT2D eigenvalue weighted by Crippen LogP contribution is 2.16. The highest BCUT2D eigenvalue weighted by Gasteiger charge is 2.15. The number of aryl methyl sites for hydroxylation is 2. The Kier molecular flexibility index (Phi) is 7.40. The van der Waals surface area contributed by atoms with Crippen LogP contribution in [0.3, 0.4) is 0 Å². The normalized spacial score (nSPS) is 11.1. The molecule has 3 aromatic rings. The number of hydrogen-bond donors (Lipinski definition) is 2. The fourth-order valence-electron chi connectivity index (χ4n) is 2.79. The monoisotopic (exact) mass is 420 g/mol. The second-order valence-corrected chi connectivity index (χ2v) is 7.75. The molecule has 5 nitrogen and oxygen atoms in total. The number of nitrogens with one attached hydrogen (secondary N) is 2. The molecule has 0 saturated carbocycles. The molecular formula is C24H24N2O3S. The molecule has 154 valence electrons. The van der Waals surface area contributed by atoms with Gasteiger partial charge in [-0.2, -0.15) is 0 Å². The van der Waals surface area contributed by atoms with Crippen molar-refractivity contribution in [3.8, 4) is 5.75 Å². The summed E-state index contributed by atoms with van der Waals surface area (Å²) in [5.41, 5.74) is 2.71. The van der Waals surface area contributed by atoms with Crippen LogP contribution in [-0.2, 0) is 4.79 Å². The smallest absolute Gasteiger partial charge is 0.267 e. The Morgan fingerprint density at radius 3 is 2.60 bits per heavy atom. The average Bonchev–Trinajstić information content (AvgIpc) is 3.25. The van der Waals surface area contributed by atoms with Crippen LogP contribution in [0.4, 0.5) is 0 Å². The van der Waals surface area contributed by atoms with Crippen LogP contribution in [0.5, 0.6) is 5.75 Å². The number of hydrogen-bond acceptors (Lipinski definition) is 4. The maximum Gasteiger partial charge on any atom is 0.267 e. The van der Waals surface area contributed by atoms with Crippen LogP contribution in [0.2, 0.25) is 0 Å². The molecule has 1 heterocycles. The van der Waals surface area contributed by atoms with Gasteiger partial charge in [0.2, 0.25) is 0 Å². The third kappa shape index (κ3) is 6.06. The zero-order valence-electron chi connectivity index (χ0n) is 17.0. The zero-order chi connectivity index (χ0) is 21.3. The summed E-state index contributed by atoms with van der Waals surface area (Å²) in [6.45, 7) is 4.53. The van der Waals surface area contributed by atoms with Gasteiger partial charge in [-0.15, -0.1) is 11.3 Å². The Labute approximate surface area is 180 Å². The molecule has 0 fully saturated rings. The summed E-state index contributed by atoms with van der Waals surface area (Å²) in [6, 6.07) is 18.7. The maximum atomic E-state index is 12.7. The molecule has 0 aliphatic heterocycles. The van der Waals surface area contributed by atoms with E-state index in [4.69, 9.17) is 4.74 Å². The van der Waals surface area contributed by atoms with E-state index in [9.17, 15) is 9.59 Å². The lowest BCUT2D eigenvalue weighted by Gasteiger charge is -2.12. The standard InChI is InChI=1S/C24H24N2O3S/c1-17-7-5-9-19(15-17)23(27)26-21(16-20-10-6-14-30-20)24(28)25-12-13-29-22-11-4-3-8-18(22)2/h3-11,14-16H,12-13H2,1-2H3,(H,25,28)(H,26,27)/b21-16-. The number of rotatable bonds is 8. The zero-order valence-corrected chi connectivity index (χ0v) is 17.8. The first kappa shape index (κ1) is 21.3. The molecule has 0 aliphatic carbocycles. The first-order valence-corrected chi connectivity index (χ1v) is 10.5. The van der Waals surface area contributed by atoms with E-state index < -0.39 is 0 Å². The molecule has 0 aliphatic rings. The highest BCUT2D eigenvalue weighted by atomic mass is 32.1. The van der Waals surface area contributed by atoms with Gasteiger partial charge in [0.25, 0.3) is 11.8 Å². The molecule has 0 spiro atoms. The largest absolute Gasteiger partial charge is 0.491 e. The number of thiophene rings is 1. The van der Waals surface area contributed by atoms with Crippen molar-refractivity contribution in [1.29, 1.82) is 0 Å². The summed E-state index contributed by atoms with van der Waals surface area (Å²) in [5.74, 6) is 0.0967. The van der Waals surface area contributed by atoms with E-state index in [0.717, 1.165) is 21.8 Å². The Hall–Kier alpha value is -3.38. The summed E-state index contributed by atoms with van der Waals surface area (Å²) in [5, 5.41) is 7.47. The minimum absolute atomic E-state index is 0.194. The van der Waals surface area contributed by atoms with Crippen LogP contribution in [0, 0.1) is 13.8 Å². The Bertz CT molecular complexity index is 1040. The quantitative estimate of drug-likeness (QED) is 0.421. The van der Waals surface area contributed by atoms with Gasteiger partial charge in [-0.3, -0.25) is 9.59 Å². The molecule has 6 heteroatoms. The van der Waals surface area contributed by atoms with E-state index in [1.54, 1.807) is 18.2 Å². The van der Waals surface area contributed by atoms with E-state index in [2.05, 4.69) is 10.6 Å². The van der Waals surface area contributed by atoms with E-state index in [1.807, 2.05) is 67.8 Å². The lowest BCUT2D eigenvalue weighted by Crippen LogP contribution is -2.36. The van der Waals surface area contributed by atoms with Gasteiger partial charge in [0, 0.05) is 10.4 Å². The minimum Gasteiger partial charge on any atom is -0.491 e. The summed E-state index contributed by atoms with van der Waals surface area (Å²) < 4.78 is 5.72. The van der Waals surface area contributed by atoms with Gasteiger partial charge in [0.15, 0.2) is 0 Å². The third-order valence-corrected chi connectivity index (χ3v) is 5.16. The molecule has 2 amide bonds. The van der Waals surface area contributed by atoms with Crippen LogP contribution in [0.1, 0.15) is 26.4 Å². The first-order valence-electron chi connectivity index (χ1n) is 9.63. The van der Waals surface area contributed by atoms with Gasteiger partial charge in [0.05, 0.1) is 6.54 Å². The fraction of sp³-hybridized carbons (Fsp3) is 0.167. The molecule has 0 saturated heterocycles. The van der Waals surface area contributed by atoms with Crippen molar-refractivity contribution < 1.29 is 14.3 Å². The summed E-state index contributed by atoms with van der Waals surface area (Å²) in [4.78, 5) is 26.3.